The molecule has 100 valence electrons. The summed E-state index contributed by atoms with van der Waals surface area (Å²) in [4.78, 5) is 0. The highest BCUT2D eigenvalue weighted by molar-refractivity contribution is 8.09. The van der Waals surface area contributed by atoms with Gasteiger partial charge in [-0.05, 0) is 46.5 Å². The van der Waals surface area contributed by atoms with Gasteiger partial charge in [0.1, 0.15) is 0 Å². The van der Waals surface area contributed by atoms with Gasteiger partial charge in [-0.25, -0.2) is 0 Å². The fourth-order valence-corrected chi connectivity index (χ4v) is 3.73. The molecule has 0 N–H and O–H groups in total. The molecule has 1 nitrogen and oxygen atoms in total. The van der Waals surface area contributed by atoms with Crippen LogP contribution in [0, 0.1) is 0 Å². The molecular weight excluding hydrogens is 298 g/mol. The molecule has 0 spiro atoms. The SMILES string of the molecule is O=P(Cl)(Cl)C(Cc1ccccc1)Cc1ccccc1. The van der Waals surface area contributed by atoms with Gasteiger partial charge in [-0.15, -0.1) is 0 Å². The molecule has 0 aromatic heterocycles. The van der Waals surface area contributed by atoms with Gasteiger partial charge in [-0.3, -0.25) is 4.57 Å². The Bertz CT molecular complexity index is 509. The third-order valence-corrected chi connectivity index (χ3v) is 5.92. The van der Waals surface area contributed by atoms with Gasteiger partial charge in [-0.2, -0.15) is 0 Å². The van der Waals surface area contributed by atoms with E-state index in [4.69, 9.17) is 22.5 Å². The molecule has 0 atom stereocenters. The highest BCUT2D eigenvalue weighted by atomic mass is 35.9. The van der Waals surface area contributed by atoms with Crippen molar-refractivity contribution in [1.82, 2.24) is 0 Å². The molecule has 0 aliphatic rings. The van der Waals surface area contributed by atoms with Crippen molar-refractivity contribution in [3.63, 3.8) is 0 Å². The summed E-state index contributed by atoms with van der Waals surface area (Å²) in [6.45, 7) is 0. The van der Waals surface area contributed by atoms with E-state index in [1.54, 1.807) is 0 Å². The van der Waals surface area contributed by atoms with E-state index in [9.17, 15) is 4.57 Å². The monoisotopic (exact) mass is 312 g/mol. The van der Waals surface area contributed by atoms with E-state index < -0.39 is 5.85 Å². The van der Waals surface area contributed by atoms with E-state index in [0.29, 0.717) is 12.8 Å². The molecule has 0 radical (unpaired) electrons. The van der Waals surface area contributed by atoms with E-state index in [2.05, 4.69) is 0 Å². The molecule has 0 amide bonds. The molecule has 0 fully saturated rings. The van der Waals surface area contributed by atoms with Crippen LogP contribution in [0.25, 0.3) is 0 Å². The normalized spacial score (nSPS) is 11.7. The molecule has 2 rings (SSSR count). The van der Waals surface area contributed by atoms with Gasteiger partial charge in [0.25, 0.3) is 5.85 Å². The van der Waals surface area contributed by atoms with Crippen LogP contribution >= 0.6 is 28.3 Å². The summed E-state index contributed by atoms with van der Waals surface area (Å²) < 4.78 is 12.1. The van der Waals surface area contributed by atoms with E-state index >= 15 is 0 Å². The average Bonchev–Trinajstić information content (AvgIpc) is 2.39. The average molecular weight is 313 g/mol. The fraction of sp³-hybridized carbons (Fsp3) is 0.200. The number of hydrogen-bond acceptors (Lipinski definition) is 1. The summed E-state index contributed by atoms with van der Waals surface area (Å²) in [5.41, 5.74) is 1.95. The first kappa shape index (κ1) is 14.7. The maximum absolute atomic E-state index is 12.1. The van der Waals surface area contributed by atoms with Crippen LogP contribution in [0.3, 0.4) is 0 Å². The van der Waals surface area contributed by atoms with Crippen LogP contribution in [0.1, 0.15) is 11.1 Å². The standard InChI is InChI=1S/C15H15Cl2OP/c16-19(17,18)15(11-13-7-3-1-4-8-13)12-14-9-5-2-6-10-14/h1-10,15H,11-12H2. The van der Waals surface area contributed by atoms with Crippen molar-refractivity contribution in [2.75, 3.05) is 0 Å². The van der Waals surface area contributed by atoms with Gasteiger partial charge in [0, 0.05) is 5.66 Å². The van der Waals surface area contributed by atoms with Crippen LogP contribution < -0.4 is 0 Å². The highest BCUT2D eigenvalue weighted by Gasteiger charge is 2.28. The Balaban J connectivity index is 2.16. The Morgan fingerprint density at radius 3 is 1.47 bits per heavy atom. The van der Waals surface area contributed by atoms with Gasteiger partial charge in [-0.1, -0.05) is 60.7 Å². The molecule has 4 heteroatoms. The molecule has 0 saturated carbocycles. The third kappa shape index (κ3) is 4.69. The van der Waals surface area contributed by atoms with Gasteiger partial charge >= 0.3 is 0 Å². The molecule has 0 unspecified atom stereocenters. The molecule has 2 aromatic carbocycles. The van der Waals surface area contributed by atoms with E-state index in [1.165, 1.54) is 0 Å². The van der Waals surface area contributed by atoms with Crippen LogP contribution in [0.4, 0.5) is 0 Å². The Kier molecular flexibility index (Phi) is 5.10. The molecule has 0 aliphatic carbocycles. The predicted molar refractivity (Wildman–Crippen MR) is 83.4 cm³/mol. The molecule has 0 heterocycles. The quantitative estimate of drug-likeness (QED) is 0.665. The van der Waals surface area contributed by atoms with Gasteiger partial charge < -0.3 is 0 Å². The van der Waals surface area contributed by atoms with Gasteiger partial charge in [0.2, 0.25) is 0 Å². The third-order valence-electron chi connectivity index (χ3n) is 3.05. The number of halogens is 2. The molecule has 0 bridgehead atoms. The maximum Gasteiger partial charge on any atom is 0.256 e. The van der Waals surface area contributed by atoms with Crippen LogP contribution in [0.5, 0.6) is 0 Å². The van der Waals surface area contributed by atoms with Crippen molar-refractivity contribution < 1.29 is 4.57 Å². The van der Waals surface area contributed by atoms with Crippen LogP contribution in [0.15, 0.2) is 60.7 Å². The summed E-state index contributed by atoms with van der Waals surface area (Å²) in [5, 5.41) is 0. The predicted octanol–water partition coefficient (Wildman–Crippen LogP) is 5.51. The first-order valence-corrected chi connectivity index (χ1v) is 9.71. The fourth-order valence-electron chi connectivity index (χ4n) is 2.06. The van der Waals surface area contributed by atoms with Crippen LogP contribution in [0.2, 0.25) is 0 Å². The lowest BCUT2D eigenvalue weighted by molar-refractivity contribution is 0.581. The Morgan fingerprint density at radius 2 is 1.16 bits per heavy atom. The zero-order chi connectivity index (χ0) is 13.7. The zero-order valence-corrected chi connectivity index (χ0v) is 12.8. The second kappa shape index (κ2) is 6.61. The Morgan fingerprint density at radius 1 is 0.789 bits per heavy atom. The molecule has 19 heavy (non-hydrogen) atoms. The second-order valence-corrected chi connectivity index (χ2v) is 9.80. The summed E-state index contributed by atoms with van der Waals surface area (Å²) in [7, 11) is 0. The lowest BCUT2D eigenvalue weighted by Gasteiger charge is -2.18. The second-order valence-electron chi connectivity index (χ2n) is 4.54. The van der Waals surface area contributed by atoms with Crippen molar-refractivity contribution in [2.24, 2.45) is 0 Å². The molecule has 2 aromatic rings. The zero-order valence-electron chi connectivity index (χ0n) is 10.4. The van der Waals surface area contributed by atoms with Gasteiger partial charge in [0.15, 0.2) is 0 Å². The van der Waals surface area contributed by atoms with Crippen molar-refractivity contribution in [3.8, 4) is 0 Å². The minimum Gasteiger partial charge on any atom is -0.289 e. The number of hydrogen-bond donors (Lipinski definition) is 0. The van der Waals surface area contributed by atoms with Gasteiger partial charge in [0.05, 0.1) is 0 Å². The van der Waals surface area contributed by atoms with Crippen molar-refractivity contribution in [2.45, 2.75) is 18.5 Å². The van der Waals surface area contributed by atoms with Crippen molar-refractivity contribution in [1.29, 1.82) is 0 Å². The summed E-state index contributed by atoms with van der Waals surface area (Å²) >= 11 is 11.8. The first-order chi connectivity index (χ1) is 9.05. The van der Waals surface area contributed by atoms with Crippen molar-refractivity contribution >= 4 is 28.3 Å². The van der Waals surface area contributed by atoms with Crippen molar-refractivity contribution in [3.05, 3.63) is 71.8 Å². The minimum absolute atomic E-state index is 0.249. The molecule has 0 aliphatic heterocycles. The topological polar surface area (TPSA) is 17.1 Å². The number of benzene rings is 2. The largest absolute Gasteiger partial charge is 0.289 e. The molecule has 0 saturated heterocycles. The summed E-state index contributed by atoms with van der Waals surface area (Å²) in [6, 6.07) is 19.8. The van der Waals surface area contributed by atoms with E-state index in [0.717, 1.165) is 11.1 Å². The van der Waals surface area contributed by atoms with Crippen LogP contribution in [-0.2, 0) is 17.4 Å². The molecular formula is C15H15Cl2OP. The number of rotatable bonds is 5. The summed E-state index contributed by atoms with van der Waals surface area (Å²) in [6.07, 6.45) is 1.25. The van der Waals surface area contributed by atoms with Crippen LogP contribution in [-0.4, -0.2) is 5.66 Å². The Hall–Kier alpha value is -0.750. The smallest absolute Gasteiger partial charge is 0.256 e. The lowest BCUT2D eigenvalue weighted by Crippen LogP contribution is -2.11. The summed E-state index contributed by atoms with van der Waals surface area (Å²) in [5.74, 6) is -3.16. The highest BCUT2D eigenvalue weighted by Crippen LogP contribution is 2.62. The minimum atomic E-state index is -3.16. The lowest BCUT2D eigenvalue weighted by atomic mass is 10.0. The van der Waals surface area contributed by atoms with E-state index in [-0.39, 0.29) is 5.66 Å². The maximum atomic E-state index is 12.1. The first-order valence-electron chi connectivity index (χ1n) is 6.12. The van der Waals surface area contributed by atoms with E-state index in [1.807, 2.05) is 60.7 Å². The Labute approximate surface area is 123 Å².